The van der Waals surface area contributed by atoms with Crippen LogP contribution in [0.1, 0.15) is 79.6 Å². The van der Waals surface area contributed by atoms with Crippen LogP contribution in [0.3, 0.4) is 0 Å². The highest BCUT2D eigenvalue weighted by Crippen LogP contribution is 2.72. The van der Waals surface area contributed by atoms with Crippen LogP contribution in [0, 0.1) is 45.3 Å². The first kappa shape index (κ1) is 20.0. The van der Waals surface area contributed by atoms with Crippen molar-refractivity contribution in [2.24, 2.45) is 45.3 Å². The van der Waals surface area contributed by atoms with E-state index in [1.54, 1.807) is 0 Å². The highest BCUT2D eigenvalue weighted by Gasteiger charge is 2.68. The summed E-state index contributed by atoms with van der Waals surface area (Å²) in [5.41, 5.74) is 0.360. The summed E-state index contributed by atoms with van der Waals surface area (Å²) in [6.45, 7) is 11.7. The Morgan fingerprint density at radius 2 is 1.61 bits per heavy atom. The van der Waals surface area contributed by atoms with Crippen LogP contribution in [0.15, 0.2) is 11.6 Å². The van der Waals surface area contributed by atoms with Crippen molar-refractivity contribution in [1.29, 1.82) is 0 Å². The van der Waals surface area contributed by atoms with E-state index in [0.29, 0.717) is 29.2 Å². The maximum absolute atomic E-state index is 13.7. The monoisotopic (exact) mass is 384 g/mol. The highest BCUT2D eigenvalue weighted by molar-refractivity contribution is 5.94. The van der Waals surface area contributed by atoms with Crippen LogP contribution in [0.2, 0.25) is 0 Å². The van der Waals surface area contributed by atoms with Crippen molar-refractivity contribution in [2.75, 3.05) is 0 Å². The van der Waals surface area contributed by atoms with Gasteiger partial charge in [0.05, 0.1) is 5.92 Å². The standard InChI is InChI=1S/C25H36O3/c1-22(2)10-6-11-23(3)18(22)9-12-24(4)19-8-7-16(14-26)17(15-27)25(19,5)21(28)13-20(23)24/h7,14-15,17-20H,6,8-13H2,1-5H3/t17-,18?,19-,20+,23-,24-,25+/m0/s1. The zero-order valence-electron chi connectivity index (χ0n) is 18.2. The lowest BCUT2D eigenvalue weighted by atomic mass is 9.35. The molecule has 4 rings (SSSR count). The zero-order valence-corrected chi connectivity index (χ0v) is 18.2. The maximum Gasteiger partial charge on any atom is 0.146 e. The van der Waals surface area contributed by atoms with Gasteiger partial charge >= 0.3 is 0 Å². The molecule has 0 amide bonds. The fourth-order valence-corrected chi connectivity index (χ4v) is 8.83. The summed E-state index contributed by atoms with van der Waals surface area (Å²) in [5.74, 6) is 0.822. The Morgan fingerprint density at radius 1 is 0.929 bits per heavy atom. The maximum atomic E-state index is 13.7. The molecular formula is C25H36O3. The molecule has 0 aromatic rings. The fraction of sp³-hybridized carbons (Fsp3) is 0.800. The molecule has 3 heteroatoms. The van der Waals surface area contributed by atoms with Crippen molar-refractivity contribution >= 4 is 18.4 Å². The number of hydrogen-bond donors (Lipinski definition) is 0. The SMILES string of the molecule is CC1(C)CCC[C@@]2(C)C1CC[C@@]1(C)[C@@H]3CC=C(C=O)[C@H](C=O)[C@@]3(C)C(=O)C[C@@H]12. The smallest absolute Gasteiger partial charge is 0.146 e. The Balaban J connectivity index is 1.82. The van der Waals surface area contributed by atoms with Crippen molar-refractivity contribution in [3.63, 3.8) is 0 Å². The fourth-order valence-electron chi connectivity index (χ4n) is 8.83. The number of aldehydes is 2. The number of Topliss-reactive ketones (excluding diaryl/α,β-unsaturated/α-hetero) is 1. The Kier molecular flexibility index (Phi) is 4.38. The molecule has 7 atom stereocenters. The number of rotatable bonds is 2. The number of ketones is 1. The number of fused-ring (bicyclic) bond motifs is 5. The summed E-state index contributed by atoms with van der Waals surface area (Å²) in [6, 6.07) is 0. The van der Waals surface area contributed by atoms with Gasteiger partial charge in [-0.3, -0.25) is 9.59 Å². The quantitative estimate of drug-likeness (QED) is 0.617. The molecule has 1 unspecified atom stereocenters. The average Bonchev–Trinajstić information content (AvgIpc) is 2.62. The zero-order chi connectivity index (χ0) is 20.5. The van der Waals surface area contributed by atoms with Gasteiger partial charge in [-0.25, -0.2) is 0 Å². The van der Waals surface area contributed by atoms with Crippen molar-refractivity contribution in [2.45, 2.75) is 79.6 Å². The topological polar surface area (TPSA) is 51.2 Å². The predicted molar refractivity (Wildman–Crippen MR) is 110 cm³/mol. The molecule has 0 aromatic carbocycles. The van der Waals surface area contributed by atoms with Crippen LogP contribution < -0.4 is 0 Å². The first-order chi connectivity index (χ1) is 13.1. The van der Waals surface area contributed by atoms with Gasteiger partial charge in [0.1, 0.15) is 18.4 Å². The molecule has 154 valence electrons. The van der Waals surface area contributed by atoms with Crippen molar-refractivity contribution < 1.29 is 14.4 Å². The molecule has 0 N–H and O–H groups in total. The predicted octanol–water partition coefficient (Wildman–Crippen LogP) is 5.17. The van der Waals surface area contributed by atoms with E-state index in [2.05, 4.69) is 27.7 Å². The summed E-state index contributed by atoms with van der Waals surface area (Å²) in [6.07, 6.45) is 11.0. The largest absolute Gasteiger partial charge is 0.303 e. The van der Waals surface area contributed by atoms with Gasteiger partial charge in [-0.1, -0.05) is 47.1 Å². The summed E-state index contributed by atoms with van der Waals surface area (Å²) in [4.78, 5) is 37.3. The lowest BCUT2D eigenvalue weighted by Gasteiger charge is -2.68. The Bertz CT molecular complexity index is 749. The summed E-state index contributed by atoms with van der Waals surface area (Å²) < 4.78 is 0. The van der Waals surface area contributed by atoms with Gasteiger partial charge in [-0.2, -0.15) is 0 Å². The molecule has 3 saturated carbocycles. The summed E-state index contributed by atoms with van der Waals surface area (Å²) in [7, 11) is 0. The Labute approximate surface area is 169 Å². The third kappa shape index (κ3) is 2.31. The van der Waals surface area contributed by atoms with Crippen molar-refractivity contribution in [3.05, 3.63) is 11.6 Å². The molecular weight excluding hydrogens is 348 g/mol. The second-order valence-corrected chi connectivity index (χ2v) is 11.6. The van der Waals surface area contributed by atoms with E-state index in [1.807, 2.05) is 13.0 Å². The van der Waals surface area contributed by atoms with E-state index in [4.69, 9.17) is 0 Å². The van der Waals surface area contributed by atoms with Gasteiger partial charge in [0.2, 0.25) is 0 Å². The Morgan fingerprint density at radius 3 is 2.25 bits per heavy atom. The Hall–Kier alpha value is -1.25. The molecule has 0 bridgehead atoms. The van der Waals surface area contributed by atoms with E-state index in [9.17, 15) is 14.4 Å². The van der Waals surface area contributed by atoms with Gasteiger partial charge in [0.15, 0.2) is 0 Å². The molecule has 28 heavy (non-hydrogen) atoms. The first-order valence-corrected chi connectivity index (χ1v) is 11.2. The summed E-state index contributed by atoms with van der Waals surface area (Å²) >= 11 is 0. The van der Waals surface area contributed by atoms with Crippen LogP contribution in [-0.4, -0.2) is 18.4 Å². The third-order valence-electron chi connectivity index (χ3n) is 10.2. The van der Waals surface area contributed by atoms with Gasteiger partial charge in [0, 0.05) is 11.8 Å². The van der Waals surface area contributed by atoms with Crippen molar-refractivity contribution in [1.82, 2.24) is 0 Å². The second kappa shape index (κ2) is 6.12. The third-order valence-corrected chi connectivity index (χ3v) is 10.2. The lowest BCUT2D eigenvalue weighted by Crippen LogP contribution is -2.65. The molecule has 0 radical (unpaired) electrons. The van der Waals surface area contributed by atoms with Crippen LogP contribution >= 0.6 is 0 Å². The van der Waals surface area contributed by atoms with E-state index >= 15 is 0 Å². The molecule has 3 fully saturated rings. The molecule has 0 aliphatic heterocycles. The van der Waals surface area contributed by atoms with Gasteiger partial charge in [0.25, 0.3) is 0 Å². The van der Waals surface area contributed by atoms with E-state index in [-0.39, 0.29) is 22.5 Å². The molecule has 0 heterocycles. The van der Waals surface area contributed by atoms with Crippen molar-refractivity contribution in [3.8, 4) is 0 Å². The van der Waals surface area contributed by atoms with Crippen LogP contribution in [0.4, 0.5) is 0 Å². The van der Waals surface area contributed by atoms with Crippen LogP contribution in [0.25, 0.3) is 0 Å². The van der Waals surface area contributed by atoms with Gasteiger partial charge in [-0.15, -0.1) is 0 Å². The number of carbonyl (C=O) groups is 3. The lowest BCUT2D eigenvalue weighted by molar-refractivity contribution is -0.198. The number of carbonyl (C=O) groups excluding carboxylic acids is 3. The second-order valence-electron chi connectivity index (χ2n) is 11.6. The normalized spacial score (nSPS) is 49.9. The minimum atomic E-state index is -0.731. The highest BCUT2D eigenvalue weighted by atomic mass is 16.1. The van der Waals surface area contributed by atoms with E-state index < -0.39 is 11.3 Å². The summed E-state index contributed by atoms with van der Waals surface area (Å²) in [5, 5.41) is 0. The number of allylic oxidation sites excluding steroid dienone is 2. The first-order valence-electron chi connectivity index (χ1n) is 11.2. The van der Waals surface area contributed by atoms with Gasteiger partial charge < -0.3 is 4.79 Å². The molecule has 0 aromatic heterocycles. The molecule has 3 nitrogen and oxygen atoms in total. The molecule has 0 saturated heterocycles. The number of hydrogen-bond acceptors (Lipinski definition) is 3. The minimum Gasteiger partial charge on any atom is -0.303 e. The molecule has 4 aliphatic carbocycles. The molecule has 0 spiro atoms. The van der Waals surface area contributed by atoms with Crippen LogP contribution in [-0.2, 0) is 14.4 Å². The van der Waals surface area contributed by atoms with Crippen LogP contribution in [0.5, 0.6) is 0 Å². The van der Waals surface area contributed by atoms with Gasteiger partial charge in [-0.05, 0) is 71.7 Å². The molecule has 4 aliphatic rings. The van der Waals surface area contributed by atoms with E-state index in [0.717, 1.165) is 25.4 Å². The van der Waals surface area contributed by atoms with E-state index in [1.165, 1.54) is 25.7 Å². The average molecular weight is 385 g/mol. The minimum absolute atomic E-state index is 0.0491.